The monoisotopic (exact) mass is 295 g/mol. The van der Waals surface area contributed by atoms with Crippen LogP contribution >= 0.6 is 11.6 Å². The molecule has 2 aliphatic rings. The first-order valence-electron chi connectivity index (χ1n) is 7.40. The second-order valence-electron chi connectivity index (χ2n) is 5.94. The lowest BCUT2D eigenvalue weighted by Crippen LogP contribution is -2.52. The average Bonchev–Trinajstić information content (AvgIpc) is 2.48. The first kappa shape index (κ1) is 14.0. The predicted octanol–water partition coefficient (Wildman–Crippen LogP) is 3.97. The van der Waals surface area contributed by atoms with Crippen molar-refractivity contribution in [3.05, 3.63) is 34.6 Å². The van der Waals surface area contributed by atoms with Crippen LogP contribution in [-0.4, -0.2) is 17.9 Å². The summed E-state index contributed by atoms with van der Waals surface area (Å²) in [7, 11) is 0. The Morgan fingerprint density at radius 1 is 1.20 bits per heavy atom. The Morgan fingerprint density at radius 3 is 2.85 bits per heavy atom. The highest BCUT2D eigenvalue weighted by Gasteiger charge is 2.35. The van der Waals surface area contributed by atoms with Gasteiger partial charge in [-0.1, -0.05) is 24.4 Å². The summed E-state index contributed by atoms with van der Waals surface area (Å²) in [5.41, 5.74) is 0.304. The molecule has 1 aromatic carbocycles. The van der Waals surface area contributed by atoms with Gasteiger partial charge in [-0.15, -0.1) is 0 Å². The maximum Gasteiger partial charge on any atom is 0.181 e. The van der Waals surface area contributed by atoms with Crippen molar-refractivity contribution in [2.24, 2.45) is 5.92 Å². The summed E-state index contributed by atoms with van der Waals surface area (Å²) < 4.78 is 13.3. The molecule has 2 nitrogen and oxygen atoms in total. The molecule has 0 spiro atoms. The number of carbonyl (C=O) groups excluding carboxylic acids is 1. The van der Waals surface area contributed by atoms with Gasteiger partial charge in [0.05, 0.1) is 11.1 Å². The fourth-order valence-electron chi connectivity index (χ4n) is 3.58. The molecule has 20 heavy (non-hydrogen) atoms. The summed E-state index contributed by atoms with van der Waals surface area (Å²) in [6.07, 6.45) is 6.85. The maximum absolute atomic E-state index is 13.3. The van der Waals surface area contributed by atoms with Crippen molar-refractivity contribution in [1.29, 1.82) is 0 Å². The van der Waals surface area contributed by atoms with Crippen LogP contribution in [0.15, 0.2) is 18.2 Å². The summed E-state index contributed by atoms with van der Waals surface area (Å²) >= 11 is 6.03. The first-order chi connectivity index (χ1) is 9.65. The Labute approximate surface area is 123 Å². The molecule has 3 rings (SSSR count). The third kappa shape index (κ3) is 2.75. The van der Waals surface area contributed by atoms with E-state index in [0.717, 1.165) is 19.3 Å². The van der Waals surface area contributed by atoms with E-state index in [2.05, 4.69) is 5.32 Å². The number of piperidine rings is 1. The van der Waals surface area contributed by atoms with Crippen molar-refractivity contribution in [2.45, 2.75) is 50.6 Å². The summed E-state index contributed by atoms with van der Waals surface area (Å²) in [6.45, 7) is 0. The molecule has 0 radical (unpaired) electrons. The SMILES string of the molecule is O=C(c1cc(F)ccc1Cl)C1CCC2CCCCC2N1. The molecular formula is C16H19ClFNO. The van der Waals surface area contributed by atoms with Gasteiger partial charge >= 0.3 is 0 Å². The minimum Gasteiger partial charge on any atom is -0.304 e. The zero-order valence-corrected chi connectivity index (χ0v) is 12.1. The molecule has 0 aromatic heterocycles. The van der Waals surface area contributed by atoms with E-state index >= 15 is 0 Å². The zero-order chi connectivity index (χ0) is 14.1. The Kier molecular flexibility index (Phi) is 4.08. The van der Waals surface area contributed by atoms with Gasteiger partial charge in [0.2, 0.25) is 0 Å². The van der Waals surface area contributed by atoms with Crippen LogP contribution in [0.25, 0.3) is 0 Å². The lowest BCUT2D eigenvalue weighted by molar-refractivity contribution is 0.0861. The molecule has 1 saturated carbocycles. The number of fused-ring (bicyclic) bond motifs is 1. The largest absolute Gasteiger partial charge is 0.304 e. The van der Waals surface area contributed by atoms with Gasteiger partial charge in [0.15, 0.2) is 5.78 Å². The van der Waals surface area contributed by atoms with E-state index in [1.807, 2.05) is 0 Å². The normalized spacial score (nSPS) is 29.8. The minimum absolute atomic E-state index is 0.0708. The predicted molar refractivity (Wildman–Crippen MR) is 77.6 cm³/mol. The molecular weight excluding hydrogens is 277 g/mol. The quantitative estimate of drug-likeness (QED) is 0.836. The van der Waals surface area contributed by atoms with Gasteiger partial charge in [-0.3, -0.25) is 4.79 Å². The van der Waals surface area contributed by atoms with Crippen LogP contribution in [0.2, 0.25) is 5.02 Å². The Morgan fingerprint density at radius 2 is 2.00 bits per heavy atom. The summed E-state index contributed by atoms with van der Waals surface area (Å²) in [4.78, 5) is 12.5. The van der Waals surface area contributed by atoms with Crippen molar-refractivity contribution in [2.75, 3.05) is 0 Å². The molecule has 1 saturated heterocycles. The third-order valence-corrected chi connectivity index (χ3v) is 4.99. The average molecular weight is 296 g/mol. The van der Waals surface area contributed by atoms with Crippen LogP contribution in [-0.2, 0) is 0 Å². The lowest BCUT2D eigenvalue weighted by atomic mass is 9.77. The molecule has 2 fully saturated rings. The van der Waals surface area contributed by atoms with Gasteiger partial charge in [-0.05, 0) is 49.8 Å². The highest BCUT2D eigenvalue weighted by atomic mass is 35.5. The Balaban J connectivity index is 1.76. The molecule has 0 amide bonds. The number of Topliss-reactive ketones (excluding diaryl/α,β-unsaturated/α-hetero) is 1. The van der Waals surface area contributed by atoms with Crippen molar-refractivity contribution >= 4 is 17.4 Å². The number of benzene rings is 1. The van der Waals surface area contributed by atoms with Crippen LogP contribution in [0.3, 0.4) is 0 Å². The number of rotatable bonds is 2. The topological polar surface area (TPSA) is 29.1 Å². The lowest BCUT2D eigenvalue weighted by Gasteiger charge is -2.40. The van der Waals surface area contributed by atoms with Gasteiger partial charge in [0, 0.05) is 11.6 Å². The van der Waals surface area contributed by atoms with Crippen molar-refractivity contribution in [3.8, 4) is 0 Å². The molecule has 3 unspecified atom stereocenters. The van der Waals surface area contributed by atoms with Crippen LogP contribution in [0.5, 0.6) is 0 Å². The van der Waals surface area contributed by atoms with E-state index in [1.54, 1.807) is 0 Å². The molecule has 3 atom stereocenters. The summed E-state index contributed by atoms with van der Waals surface area (Å²) in [6, 6.07) is 4.22. The van der Waals surface area contributed by atoms with Crippen LogP contribution in [0, 0.1) is 11.7 Å². The van der Waals surface area contributed by atoms with Crippen LogP contribution < -0.4 is 5.32 Å². The van der Waals surface area contributed by atoms with Crippen molar-refractivity contribution in [3.63, 3.8) is 0 Å². The molecule has 1 aliphatic carbocycles. The first-order valence-corrected chi connectivity index (χ1v) is 7.78. The van der Waals surface area contributed by atoms with E-state index in [-0.39, 0.29) is 11.8 Å². The van der Waals surface area contributed by atoms with Crippen molar-refractivity contribution < 1.29 is 9.18 Å². The van der Waals surface area contributed by atoms with Crippen LogP contribution in [0.1, 0.15) is 48.9 Å². The second kappa shape index (κ2) is 5.82. The number of nitrogens with one attached hydrogen (secondary N) is 1. The van der Waals surface area contributed by atoms with E-state index in [0.29, 0.717) is 22.5 Å². The summed E-state index contributed by atoms with van der Waals surface area (Å²) in [5, 5.41) is 3.81. The van der Waals surface area contributed by atoms with Gasteiger partial charge in [-0.25, -0.2) is 4.39 Å². The Hall–Kier alpha value is -0.930. The van der Waals surface area contributed by atoms with Gasteiger partial charge in [0.1, 0.15) is 5.82 Å². The molecule has 1 N–H and O–H groups in total. The number of ketones is 1. The van der Waals surface area contributed by atoms with E-state index in [9.17, 15) is 9.18 Å². The maximum atomic E-state index is 13.3. The highest BCUT2D eigenvalue weighted by Crippen LogP contribution is 2.33. The fraction of sp³-hybridized carbons (Fsp3) is 0.562. The number of hydrogen-bond acceptors (Lipinski definition) is 2. The number of carbonyl (C=O) groups is 1. The van der Waals surface area contributed by atoms with Gasteiger partial charge < -0.3 is 5.32 Å². The molecule has 108 valence electrons. The molecule has 0 bridgehead atoms. The standard InChI is InChI=1S/C16H19ClFNO/c17-13-7-6-11(18)9-12(13)16(20)15-8-5-10-3-1-2-4-14(10)19-15/h6-7,9-10,14-15,19H,1-5,8H2. The third-order valence-electron chi connectivity index (χ3n) is 4.66. The highest BCUT2D eigenvalue weighted by molar-refractivity contribution is 6.34. The summed E-state index contributed by atoms with van der Waals surface area (Å²) in [5.74, 6) is 0.221. The van der Waals surface area contributed by atoms with Gasteiger partial charge in [0.25, 0.3) is 0 Å². The van der Waals surface area contributed by atoms with Crippen molar-refractivity contribution in [1.82, 2.24) is 5.32 Å². The minimum atomic E-state index is -0.413. The molecule has 1 heterocycles. The number of halogens is 2. The van der Waals surface area contributed by atoms with Gasteiger partial charge in [-0.2, -0.15) is 0 Å². The molecule has 4 heteroatoms. The smallest absolute Gasteiger partial charge is 0.181 e. The molecule has 1 aliphatic heterocycles. The van der Waals surface area contributed by atoms with E-state index < -0.39 is 5.82 Å². The molecule has 1 aromatic rings. The second-order valence-corrected chi connectivity index (χ2v) is 6.34. The van der Waals surface area contributed by atoms with E-state index in [4.69, 9.17) is 11.6 Å². The number of hydrogen-bond donors (Lipinski definition) is 1. The van der Waals surface area contributed by atoms with Crippen LogP contribution in [0.4, 0.5) is 4.39 Å². The van der Waals surface area contributed by atoms with E-state index in [1.165, 1.54) is 37.5 Å². The Bertz CT molecular complexity index is 519. The zero-order valence-electron chi connectivity index (χ0n) is 11.4. The fourth-order valence-corrected chi connectivity index (χ4v) is 3.79.